The van der Waals surface area contributed by atoms with Gasteiger partial charge in [0.05, 0.1) is 5.69 Å². The summed E-state index contributed by atoms with van der Waals surface area (Å²) in [6, 6.07) is 14.0. The van der Waals surface area contributed by atoms with E-state index in [-0.39, 0.29) is 0 Å². The Labute approximate surface area is 127 Å². The molecule has 0 fully saturated rings. The maximum atomic E-state index is 5.85. The van der Waals surface area contributed by atoms with Crippen molar-refractivity contribution in [2.75, 3.05) is 6.54 Å². The minimum absolute atomic E-state index is 0.640. The minimum Gasteiger partial charge on any atom is -0.439 e. The number of hydrogen-bond acceptors (Lipinski definition) is 3. The Morgan fingerprint density at radius 3 is 2.71 bits per heavy atom. The molecule has 0 saturated carbocycles. The summed E-state index contributed by atoms with van der Waals surface area (Å²) in [7, 11) is 0. The van der Waals surface area contributed by atoms with Crippen molar-refractivity contribution in [1.29, 1.82) is 0 Å². The molecule has 0 spiro atoms. The number of aryl methyl sites for hydroxylation is 1. The molecule has 3 nitrogen and oxygen atoms in total. The van der Waals surface area contributed by atoms with Crippen LogP contribution < -0.4 is 10.1 Å². The summed E-state index contributed by atoms with van der Waals surface area (Å²) in [5, 5.41) is 3.39. The lowest BCUT2D eigenvalue weighted by Crippen LogP contribution is -2.19. The van der Waals surface area contributed by atoms with Crippen molar-refractivity contribution in [3.8, 4) is 11.6 Å². The van der Waals surface area contributed by atoms with Crippen LogP contribution in [-0.4, -0.2) is 11.5 Å². The van der Waals surface area contributed by atoms with Crippen LogP contribution in [-0.2, 0) is 13.0 Å². The predicted octanol–water partition coefficient (Wildman–Crippen LogP) is 4.18. The van der Waals surface area contributed by atoms with Crippen molar-refractivity contribution in [3.63, 3.8) is 0 Å². The maximum Gasteiger partial charge on any atom is 0.219 e. The van der Waals surface area contributed by atoms with Gasteiger partial charge in [-0.1, -0.05) is 39.0 Å². The Balaban J connectivity index is 1.99. The summed E-state index contributed by atoms with van der Waals surface area (Å²) in [6.07, 6.45) is 1.00. The van der Waals surface area contributed by atoms with Gasteiger partial charge in [-0.3, -0.25) is 0 Å². The smallest absolute Gasteiger partial charge is 0.219 e. The first-order valence-electron chi connectivity index (χ1n) is 7.61. The number of ether oxygens (including phenoxy) is 1. The SMILES string of the molecule is CCc1cccc(Oc2cccc(CNCC(C)C)n2)c1. The van der Waals surface area contributed by atoms with Gasteiger partial charge in [-0.25, -0.2) is 4.98 Å². The topological polar surface area (TPSA) is 34.1 Å². The largest absolute Gasteiger partial charge is 0.439 e. The minimum atomic E-state index is 0.640. The third-order valence-corrected chi connectivity index (χ3v) is 3.17. The Hall–Kier alpha value is -1.87. The highest BCUT2D eigenvalue weighted by atomic mass is 16.5. The van der Waals surface area contributed by atoms with Gasteiger partial charge in [-0.05, 0) is 42.6 Å². The highest BCUT2D eigenvalue weighted by molar-refractivity contribution is 5.31. The first-order chi connectivity index (χ1) is 10.2. The maximum absolute atomic E-state index is 5.85. The zero-order valence-corrected chi connectivity index (χ0v) is 13.1. The summed E-state index contributed by atoms with van der Waals surface area (Å²) >= 11 is 0. The van der Waals surface area contributed by atoms with Crippen molar-refractivity contribution in [1.82, 2.24) is 10.3 Å². The quantitative estimate of drug-likeness (QED) is 0.828. The monoisotopic (exact) mass is 284 g/mol. The molecule has 2 aromatic rings. The molecule has 0 bridgehead atoms. The molecule has 0 atom stereocenters. The number of benzene rings is 1. The molecular weight excluding hydrogens is 260 g/mol. The molecule has 1 aromatic carbocycles. The lowest BCUT2D eigenvalue weighted by molar-refractivity contribution is 0.458. The van der Waals surface area contributed by atoms with Gasteiger partial charge in [0, 0.05) is 12.6 Å². The number of rotatable bonds is 7. The molecule has 21 heavy (non-hydrogen) atoms. The number of nitrogens with zero attached hydrogens (tertiary/aromatic N) is 1. The number of hydrogen-bond donors (Lipinski definition) is 1. The molecule has 0 saturated heterocycles. The van der Waals surface area contributed by atoms with Gasteiger partial charge < -0.3 is 10.1 Å². The van der Waals surface area contributed by atoms with E-state index in [4.69, 9.17) is 4.74 Å². The van der Waals surface area contributed by atoms with Gasteiger partial charge in [0.2, 0.25) is 5.88 Å². The van der Waals surface area contributed by atoms with Crippen LogP contribution in [0.1, 0.15) is 32.0 Å². The standard InChI is InChI=1S/C18H24N2O/c1-4-15-7-5-9-17(11-15)21-18-10-6-8-16(20-18)13-19-12-14(2)3/h5-11,14,19H,4,12-13H2,1-3H3. The van der Waals surface area contributed by atoms with E-state index >= 15 is 0 Å². The highest BCUT2D eigenvalue weighted by Crippen LogP contribution is 2.20. The van der Waals surface area contributed by atoms with Crippen LogP contribution in [0.3, 0.4) is 0 Å². The first-order valence-corrected chi connectivity index (χ1v) is 7.61. The third-order valence-electron chi connectivity index (χ3n) is 3.17. The van der Waals surface area contributed by atoms with Crippen LogP contribution in [0.15, 0.2) is 42.5 Å². The predicted molar refractivity (Wildman–Crippen MR) is 86.7 cm³/mol. The second-order valence-electron chi connectivity index (χ2n) is 5.59. The van der Waals surface area contributed by atoms with E-state index in [0.29, 0.717) is 11.8 Å². The van der Waals surface area contributed by atoms with Gasteiger partial charge in [-0.15, -0.1) is 0 Å². The summed E-state index contributed by atoms with van der Waals surface area (Å²) in [4.78, 5) is 4.54. The van der Waals surface area contributed by atoms with E-state index in [9.17, 15) is 0 Å². The molecule has 3 heteroatoms. The van der Waals surface area contributed by atoms with Gasteiger partial charge in [0.15, 0.2) is 0 Å². The van der Waals surface area contributed by atoms with Crippen LogP contribution in [0.5, 0.6) is 11.6 Å². The molecule has 0 aliphatic rings. The van der Waals surface area contributed by atoms with Gasteiger partial charge >= 0.3 is 0 Å². The number of aromatic nitrogens is 1. The van der Waals surface area contributed by atoms with Crippen molar-refractivity contribution in [3.05, 3.63) is 53.7 Å². The molecule has 0 amide bonds. The number of nitrogens with one attached hydrogen (secondary N) is 1. The zero-order chi connectivity index (χ0) is 15.1. The Morgan fingerprint density at radius 2 is 1.95 bits per heavy atom. The van der Waals surface area contributed by atoms with Crippen LogP contribution in [0.2, 0.25) is 0 Å². The van der Waals surface area contributed by atoms with Crippen LogP contribution in [0, 0.1) is 5.92 Å². The van der Waals surface area contributed by atoms with Crippen molar-refractivity contribution >= 4 is 0 Å². The summed E-state index contributed by atoms with van der Waals surface area (Å²) in [5.41, 5.74) is 2.27. The second kappa shape index (κ2) is 7.79. The van der Waals surface area contributed by atoms with E-state index in [1.54, 1.807) is 0 Å². The van der Waals surface area contributed by atoms with Crippen LogP contribution in [0.25, 0.3) is 0 Å². The summed E-state index contributed by atoms with van der Waals surface area (Å²) in [5.74, 6) is 2.13. The highest BCUT2D eigenvalue weighted by Gasteiger charge is 2.02. The molecule has 1 aromatic heterocycles. The number of pyridine rings is 1. The molecule has 2 rings (SSSR count). The molecule has 1 heterocycles. The second-order valence-corrected chi connectivity index (χ2v) is 5.59. The third kappa shape index (κ3) is 5.20. The normalized spacial score (nSPS) is 10.9. The fourth-order valence-corrected chi connectivity index (χ4v) is 2.05. The average Bonchev–Trinajstić information content (AvgIpc) is 2.47. The lowest BCUT2D eigenvalue weighted by atomic mass is 10.2. The molecule has 1 N–H and O–H groups in total. The van der Waals surface area contributed by atoms with E-state index in [1.807, 2.05) is 30.3 Å². The lowest BCUT2D eigenvalue weighted by Gasteiger charge is -2.09. The van der Waals surface area contributed by atoms with Gasteiger partial charge in [0.1, 0.15) is 5.75 Å². The van der Waals surface area contributed by atoms with Gasteiger partial charge in [-0.2, -0.15) is 0 Å². The Kier molecular flexibility index (Phi) is 5.76. The molecule has 0 aliphatic heterocycles. The molecule has 0 radical (unpaired) electrons. The van der Waals surface area contributed by atoms with Gasteiger partial charge in [0.25, 0.3) is 0 Å². The van der Waals surface area contributed by atoms with Crippen molar-refractivity contribution in [2.45, 2.75) is 33.7 Å². The Bertz CT molecular complexity index is 567. The summed E-state index contributed by atoms with van der Waals surface area (Å²) < 4.78 is 5.85. The van der Waals surface area contributed by atoms with E-state index in [1.165, 1.54) is 5.56 Å². The fraction of sp³-hybridized carbons (Fsp3) is 0.389. The van der Waals surface area contributed by atoms with Crippen LogP contribution in [0.4, 0.5) is 0 Å². The zero-order valence-electron chi connectivity index (χ0n) is 13.1. The average molecular weight is 284 g/mol. The first kappa shape index (κ1) is 15.5. The van der Waals surface area contributed by atoms with E-state index in [0.717, 1.165) is 31.0 Å². The Morgan fingerprint density at radius 1 is 1.14 bits per heavy atom. The molecule has 112 valence electrons. The van der Waals surface area contributed by atoms with Crippen molar-refractivity contribution in [2.24, 2.45) is 5.92 Å². The fourth-order valence-electron chi connectivity index (χ4n) is 2.05. The molecule has 0 unspecified atom stereocenters. The summed E-state index contributed by atoms with van der Waals surface area (Å²) in [6.45, 7) is 8.29. The molecular formula is C18H24N2O. The van der Waals surface area contributed by atoms with Crippen molar-refractivity contribution < 1.29 is 4.74 Å². The molecule has 0 aliphatic carbocycles. The van der Waals surface area contributed by atoms with E-state index < -0.39 is 0 Å². The van der Waals surface area contributed by atoms with Crippen LogP contribution >= 0.6 is 0 Å². The van der Waals surface area contributed by atoms with E-state index in [2.05, 4.69) is 43.2 Å².